The van der Waals surface area contributed by atoms with Crippen molar-refractivity contribution >= 4 is 10.1 Å². The van der Waals surface area contributed by atoms with E-state index in [4.69, 9.17) is 4.55 Å². The van der Waals surface area contributed by atoms with E-state index >= 15 is 0 Å². The van der Waals surface area contributed by atoms with Gasteiger partial charge in [-0.25, -0.2) is 4.98 Å². The Hall–Kier alpha value is -0.980. The summed E-state index contributed by atoms with van der Waals surface area (Å²) in [6.45, 7) is 5.00. The molecule has 0 aromatic carbocycles. The minimum absolute atomic E-state index is 0.258. The summed E-state index contributed by atoms with van der Waals surface area (Å²) in [6, 6.07) is 3.38. The first-order valence-electron chi connectivity index (χ1n) is 6.06. The van der Waals surface area contributed by atoms with Gasteiger partial charge in [0.1, 0.15) is 0 Å². The molecule has 0 amide bonds. The van der Waals surface area contributed by atoms with Crippen molar-refractivity contribution in [2.24, 2.45) is 5.92 Å². The molecule has 0 spiro atoms. The molecular formula is C12H18N2O3S. The Balaban J connectivity index is 2.25. The molecule has 0 radical (unpaired) electrons. The molecular weight excluding hydrogens is 252 g/mol. The Labute approximate surface area is 107 Å². The third-order valence-corrected chi connectivity index (χ3v) is 3.84. The lowest BCUT2D eigenvalue weighted by Crippen LogP contribution is -2.37. The number of hydrogen-bond acceptors (Lipinski definition) is 4. The van der Waals surface area contributed by atoms with Gasteiger partial charge in [0.25, 0.3) is 0 Å². The Bertz CT molecular complexity index is 540. The van der Waals surface area contributed by atoms with Gasteiger partial charge in [0.15, 0.2) is 5.03 Å². The summed E-state index contributed by atoms with van der Waals surface area (Å²) in [7, 11) is -4.21. The van der Waals surface area contributed by atoms with E-state index < -0.39 is 10.1 Å². The fourth-order valence-corrected chi connectivity index (χ4v) is 2.75. The van der Waals surface area contributed by atoms with Gasteiger partial charge in [-0.1, -0.05) is 19.9 Å². The highest BCUT2D eigenvalue weighted by Gasteiger charge is 2.22. The number of nitrogens with zero attached hydrogens (tertiary/aromatic N) is 1. The molecule has 0 aliphatic carbocycles. The highest BCUT2D eigenvalue weighted by atomic mass is 32.2. The molecule has 100 valence electrons. The van der Waals surface area contributed by atoms with E-state index in [1.54, 1.807) is 6.07 Å². The summed E-state index contributed by atoms with van der Waals surface area (Å²) < 4.78 is 31.1. The first-order chi connectivity index (χ1) is 8.36. The second-order valence-electron chi connectivity index (χ2n) is 5.14. The molecule has 0 bridgehead atoms. The summed E-state index contributed by atoms with van der Waals surface area (Å²) in [6.07, 6.45) is 1.73. The number of fused-ring (bicyclic) bond motifs is 1. The molecule has 0 fully saturated rings. The van der Waals surface area contributed by atoms with Crippen LogP contribution in [-0.4, -0.2) is 24.0 Å². The molecule has 1 aromatic heterocycles. The van der Waals surface area contributed by atoms with Crippen LogP contribution in [-0.2, 0) is 23.1 Å². The van der Waals surface area contributed by atoms with E-state index in [9.17, 15) is 8.42 Å². The minimum Gasteiger partial charge on any atom is -0.309 e. The molecule has 18 heavy (non-hydrogen) atoms. The maximum absolute atomic E-state index is 11.1. The molecule has 5 nitrogen and oxygen atoms in total. The molecule has 2 heterocycles. The highest BCUT2D eigenvalue weighted by molar-refractivity contribution is 7.85. The second-order valence-corrected chi connectivity index (χ2v) is 6.51. The van der Waals surface area contributed by atoms with Crippen LogP contribution in [0.5, 0.6) is 0 Å². The van der Waals surface area contributed by atoms with Crippen LogP contribution < -0.4 is 5.32 Å². The van der Waals surface area contributed by atoms with Gasteiger partial charge in [-0.3, -0.25) is 4.55 Å². The molecule has 2 N–H and O–H groups in total. The summed E-state index contributed by atoms with van der Waals surface area (Å²) in [5.74, 6) is 0.578. The van der Waals surface area contributed by atoms with E-state index in [1.165, 1.54) is 6.07 Å². The number of nitrogens with one attached hydrogen (secondary N) is 1. The lowest BCUT2D eigenvalue weighted by Gasteiger charge is -2.26. The number of rotatable bonds is 3. The molecule has 0 saturated carbocycles. The van der Waals surface area contributed by atoms with Gasteiger partial charge in [0.05, 0.1) is 0 Å². The fourth-order valence-electron chi connectivity index (χ4n) is 2.29. The zero-order valence-electron chi connectivity index (χ0n) is 10.5. The minimum atomic E-state index is -4.21. The quantitative estimate of drug-likeness (QED) is 0.811. The molecule has 2 rings (SSSR count). The van der Waals surface area contributed by atoms with E-state index in [1.807, 2.05) is 0 Å². The summed E-state index contributed by atoms with van der Waals surface area (Å²) >= 11 is 0. The summed E-state index contributed by atoms with van der Waals surface area (Å²) in [5, 5.41) is 3.15. The molecule has 1 aliphatic heterocycles. The zero-order chi connectivity index (χ0) is 13.3. The Morgan fingerprint density at radius 1 is 1.50 bits per heavy atom. The third kappa shape index (κ3) is 3.07. The van der Waals surface area contributed by atoms with E-state index in [0.29, 0.717) is 24.9 Å². The zero-order valence-corrected chi connectivity index (χ0v) is 11.4. The third-order valence-electron chi connectivity index (χ3n) is 3.08. The van der Waals surface area contributed by atoms with Crippen LogP contribution in [0.15, 0.2) is 17.2 Å². The van der Waals surface area contributed by atoms with Gasteiger partial charge in [0, 0.05) is 24.7 Å². The highest BCUT2D eigenvalue weighted by Crippen LogP contribution is 2.20. The first-order valence-corrected chi connectivity index (χ1v) is 7.50. The Morgan fingerprint density at radius 3 is 2.83 bits per heavy atom. The van der Waals surface area contributed by atoms with Crippen LogP contribution in [0.25, 0.3) is 0 Å². The summed E-state index contributed by atoms with van der Waals surface area (Å²) in [4.78, 5) is 4.06. The Morgan fingerprint density at radius 2 is 2.22 bits per heavy atom. The van der Waals surface area contributed by atoms with Gasteiger partial charge in [-0.15, -0.1) is 0 Å². The molecule has 1 atom stereocenters. The van der Waals surface area contributed by atoms with Crippen LogP contribution >= 0.6 is 0 Å². The van der Waals surface area contributed by atoms with Gasteiger partial charge in [0.2, 0.25) is 0 Å². The first kappa shape index (κ1) is 13.5. The van der Waals surface area contributed by atoms with Crippen LogP contribution in [0.2, 0.25) is 0 Å². The average molecular weight is 270 g/mol. The molecule has 0 saturated heterocycles. The van der Waals surface area contributed by atoms with Crippen LogP contribution in [0.1, 0.15) is 31.5 Å². The van der Waals surface area contributed by atoms with Crippen molar-refractivity contribution < 1.29 is 13.0 Å². The van der Waals surface area contributed by atoms with Crippen molar-refractivity contribution in [2.75, 3.05) is 0 Å². The standard InChI is InChI=1S/C12H18N2O3S/c1-8(2)5-10-6-11-9(7-13-10)3-4-12(14-11)18(15,16)17/h3-4,8,10,13H,5-7H2,1-2H3,(H,15,16,17). The van der Waals surface area contributed by atoms with E-state index in [0.717, 1.165) is 17.7 Å². The maximum Gasteiger partial charge on any atom is 0.312 e. The maximum atomic E-state index is 11.1. The van der Waals surface area contributed by atoms with Gasteiger partial charge in [-0.05, 0) is 24.0 Å². The predicted molar refractivity (Wildman–Crippen MR) is 67.8 cm³/mol. The normalized spacial score (nSPS) is 19.9. The smallest absolute Gasteiger partial charge is 0.309 e. The number of hydrogen-bond donors (Lipinski definition) is 2. The van der Waals surface area contributed by atoms with Crippen molar-refractivity contribution in [1.29, 1.82) is 0 Å². The monoisotopic (exact) mass is 270 g/mol. The van der Waals surface area contributed by atoms with Crippen molar-refractivity contribution in [2.45, 2.75) is 44.3 Å². The molecule has 6 heteroatoms. The summed E-state index contributed by atoms with van der Waals surface area (Å²) in [5.41, 5.74) is 1.77. The van der Waals surface area contributed by atoms with Crippen molar-refractivity contribution in [3.8, 4) is 0 Å². The lowest BCUT2D eigenvalue weighted by atomic mass is 9.94. The topological polar surface area (TPSA) is 79.3 Å². The number of pyridine rings is 1. The molecule has 1 aromatic rings. The van der Waals surface area contributed by atoms with E-state index in [2.05, 4.69) is 24.1 Å². The van der Waals surface area contributed by atoms with Crippen LogP contribution in [0.3, 0.4) is 0 Å². The van der Waals surface area contributed by atoms with Crippen molar-refractivity contribution in [3.05, 3.63) is 23.4 Å². The van der Waals surface area contributed by atoms with Crippen molar-refractivity contribution in [1.82, 2.24) is 10.3 Å². The van der Waals surface area contributed by atoms with Gasteiger partial charge >= 0.3 is 10.1 Å². The number of aromatic nitrogens is 1. The van der Waals surface area contributed by atoms with Crippen molar-refractivity contribution in [3.63, 3.8) is 0 Å². The largest absolute Gasteiger partial charge is 0.312 e. The van der Waals surface area contributed by atoms with E-state index in [-0.39, 0.29) is 5.03 Å². The Kier molecular flexibility index (Phi) is 3.70. The van der Waals surface area contributed by atoms with Crippen LogP contribution in [0, 0.1) is 5.92 Å². The van der Waals surface area contributed by atoms with Gasteiger partial charge in [-0.2, -0.15) is 8.42 Å². The lowest BCUT2D eigenvalue weighted by molar-refractivity contribution is 0.392. The average Bonchev–Trinajstić information content (AvgIpc) is 2.26. The SMILES string of the molecule is CC(C)CC1Cc2nc(S(=O)(=O)O)ccc2CN1. The predicted octanol–water partition coefficient (Wildman–Crippen LogP) is 1.39. The second kappa shape index (κ2) is 4.95. The fraction of sp³-hybridized carbons (Fsp3) is 0.583. The van der Waals surface area contributed by atoms with Gasteiger partial charge < -0.3 is 5.32 Å². The van der Waals surface area contributed by atoms with Crippen LogP contribution in [0.4, 0.5) is 0 Å². The molecule has 1 aliphatic rings. The molecule has 1 unspecified atom stereocenters.